The van der Waals surface area contributed by atoms with Crippen molar-refractivity contribution in [1.82, 2.24) is 10.2 Å². The summed E-state index contributed by atoms with van der Waals surface area (Å²) in [6, 6.07) is 11.1. The van der Waals surface area contributed by atoms with E-state index in [2.05, 4.69) is 5.32 Å². The third-order valence-electron chi connectivity index (χ3n) is 4.55. The molecule has 0 aliphatic heterocycles. The lowest BCUT2D eigenvalue weighted by atomic mass is 10.1. The lowest BCUT2D eigenvalue weighted by Crippen LogP contribution is -2.48. The van der Waals surface area contributed by atoms with Crippen LogP contribution in [0.2, 0.25) is 0 Å². The van der Waals surface area contributed by atoms with Crippen LogP contribution in [0.1, 0.15) is 31.4 Å². The molecule has 0 aromatic heterocycles. The molecule has 2 aromatic rings. The van der Waals surface area contributed by atoms with Crippen LogP contribution in [0.15, 0.2) is 48.5 Å². The van der Waals surface area contributed by atoms with Crippen molar-refractivity contribution in [2.75, 3.05) is 6.54 Å². The largest absolute Gasteiger partial charge is 0.354 e. The van der Waals surface area contributed by atoms with Crippen LogP contribution in [-0.4, -0.2) is 34.2 Å². The molecule has 0 saturated heterocycles. The zero-order valence-electron chi connectivity index (χ0n) is 16.4. The Morgan fingerprint density at radius 3 is 2.38 bits per heavy atom. The van der Waals surface area contributed by atoms with Gasteiger partial charge >= 0.3 is 0 Å². The summed E-state index contributed by atoms with van der Waals surface area (Å²) >= 11 is 0. The topological polar surface area (TPSA) is 92.6 Å². The van der Waals surface area contributed by atoms with Crippen molar-refractivity contribution in [1.29, 1.82) is 0 Å². The van der Waals surface area contributed by atoms with Crippen LogP contribution in [0.5, 0.6) is 0 Å². The highest BCUT2D eigenvalue weighted by atomic mass is 19.1. The summed E-state index contributed by atoms with van der Waals surface area (Å²) in [5.74, 6) is -1.35. The number of carbonyl (C=O) groups excluding carboxylic acids is 2. The molecule has 1 N–H and O–H groups in total. The van der Waals surface area contributed by atoms with Crippen molar-refractivity contribution < 1.29 is 18.9 Å². The Balaban J connectivity index is 2.31. The predicted molar refractivity (Wildman–Crippen MR) is 107 cm³/mol. The zero-order valence-corrected chi connectivity index (χ0v) is 16.4. The molecule has 0 saturated carbocycles. The van der Waals surface area contributed by atoms with Crippen LogP contribution in [0.25, 0.3) is 0 Å². The van der Waals surface area contributed by atoms with Crippen LogP contribution in [-0.2, 0) is 22.6 Å². The smallest absolute Gasteiger partial charge is 0.273 e. The molecular weight excluding hydrogens is 377 g/mol. The van der Waals surface area contributed by atoms with Crippen molar-refractivity contribution in [3.8, 4) is 0 Å². The number of nitro groups is 1. The predicted octanol–water partition coefficient (Wildman–Crippen LogP) is 3.22. The Kier molecular flexibility index (Phi) is 7.82. The van der Waals surface area contributed by atoms with E-state index in [1.807, 2.05) is 6.92 Å². The second-order valence-corrected chi connectivity index (χ2v) is 6.64. The second kappa shape index (κ2) is 10.3. The summed E-state index contributed by atoms with van der Waals surface area (Å²) < 4.78 is 14.1. The highest BCUT2D eigenvalue weighted by molar-refractivity contribution is 5.88. The number of hydrogen-bond donors (Lipinski definition) is 1. The number of nitrogens with zero attached hydrogens (tertiary/aromatic N) is 2. The number of halogens is 1. The van der Waals surface area contributed by atoms with E-state index in [-0.39, 0.29) is 35.7 Å². The molecule has 0 spiro atoms. The molecular formula is C21H24FN3O4. The minimum Gasteiger partial charge on any atom is -0.354 e. The maximum atomic E-state index is 14.1. The first-order chi connectivity index (χ1) is 13.8. The van der Waals surface area contributed by atoms with Crippen molar-refractivity contribution in [2.24, 2.45) is 0 Å². The molecule has 2 amide bonds. The Hall–Kier alpha value is -3.29. The molecule has 7 nitrogen and oxygen atoms in total. The molecule has 2 aromatic carbocycles. The van der Waals surface area contributed by atoms with Crippen molar-refractivity contribution >= 4 is 17.5 Å². The standard InChI is InChI=1S/C21H24FN3O4/c1-3-12-23-21(27)15(2)24(14-17-9-4-6-10-18(17)22)20(26)13-16-8-5-7-11-19(16)25(28)29/h4-11,15H,3,12-14H2,1-2H3,(H,23,27)/t15-/m1/s1. The highest BCUT2D eigenvalue weighted by Gasteiger charge is 2.28. The molecule has 8 heteroatoms. The Labute approximate surface area is 168 Å². The molecule has 0 unspecified atom stereocenters. The first-order valence-corrected chi connectivity index (χ1v) is 9.38. The van der Waals surface area contributed by atoms with Gasteiger partial charge in [-0.3, -0.25) is 19.7 Å². The van der Waals surface area contributed by atoms with Gasteiger partial charge in [0.25, 0.3) is 5.69 Å². The average molecular weight is 401 g/mol. The van der Waals surface area contributed by atoms with E-state index >= 15 is 0 Å². The van der Waals surface area contributed by atoms with Crippen LogP contribution in [0, 0.1) is 15.9 Å². The third-order valence-corrected chi connectivity index (χ3v) is 4.55. The fourth-order valence-electron chi connectivity index (χ4n) is 2.89. The quantitative estimate of drug-likeness (QED) is 0.516. The molecule has 154 valence electrons. The molecule has 0 heterocycles. The molecule has 0 aliphatic carbocycles. The van der Waals surface area contributed by atoms with E-state index in [0.717, 1.165) is 6.42 Å². The van der Waals surface area contributed by atoms with Crippen LogP contribution < -0.4 is 5.32 Å². The second-order valence-electron chi connectivity index (χ2n) is 6.64. The maximum Gasteiger partial charge on any atom is 0.273 e. The van der Waals surface area contributed by atoms with Gasteiger partial charge in [-0.15, -0.1) is 0 Å². The van der Waals surface area contributed by atoms with Gasteiger partial charge < -0.3 is 10.2 Å². The van der Waals surface area contributed by atoms with Gasteiger partial charge in [-0.2, -0.15) is 0 Å². The van der Waals surface area contributed by atoms with Crippen molar-refractivity contribution in [3.63, 3.8) is 0 Å². The summed E-state index contributed by atoms with van der Waals surface area (Å²) in [5, 5.41) is 14.0. The highest BCUT2D eigenvalue weighted by Crippen LogP contribution is 2.21. The van der Waals surface area contributed by atoms with Gasteiger partial charge in [-0.05, 0) is 19.4 Å². The molecule has 0 fully saturated rings. The van der Waals surface area contributed by atoms with Crippen LogP contribution >= 0.6 is 0 Å². The van der Waals surface area contributed by atoms with Gasteiger partial charge in [0.15, 0.2) is 0 Å². The van der Waals surface area contributed by atoms with E-state index in [0.29, 0.717) is 6.54 Å². The van der Waals surface area contributed by atoms with Gasteiger partial charge in [0, 0.05) is 30.3 Å². The Morgan fingerprint density at radius 1 is 1.14 bits per heavy atom. The zero-order chi connectivity index (χ0) is 21.4. The maximum absolute atomic E-state index is 14.1. The Bertz CT molecular complexity index is 888. The SMILES string of the molecule is CCCNC(=O)[C@@H](C)N(Cc1ccccc1F)C(=O)Cc1ccccc1[N+](=O)[O-]. The third kappa shape index (κ3) is 5.84. The van der Waals surface area contributed by atoms with Crippen LogP contribution in [0.4, 0.5) is 10.1 Å². The van der Waals surface area contributed by atoms with Crippen molar-refractivity contribution in [3.05, 3.63) is 75.6 Å². The van der Waals surface area contributed by atoms with Gasteiger partial charge in [0.1, 0.15) is 11.9 Å². The average Bonchev–Trinajstić information content (AvgIpc) is 2.71. The summed E-state index contributed by atoms with van der Waals surface area (Å²) in [6.07, 6.45) is 0.465. The molecule has 1 atom stereocenters. The fraction of sp³-hybridized carbons (Fsp3) is 0.333. The monoisotopic (exact) mass is 401 g/mol. The summed E-state index contributed by atoms with van der Waals surface area (Å²) in [5.41, 5.74) is 0.329. The summed E-state index contributed by atoms with van der Waals surface area (Å²) in [4.78, 5) is 37.4. The molecule has 0 bridgehead atoms. The van der Waals surface area contributed by atoms with E-state index < -0.39 is 22.7 Å². The van der Waals surface area contributed by atoms with Gasteiger partial charge in [0.2, 0.25) is 11.8 Å². The number of nitrogens with one attached hydrogen (secondary N) is 1. The minimum atomic E-state index is -0.864. The van der Waals surface area contributed by atoms with E-state index in [4.69, 9.17) is 0 Å². The van der Waals surface area contributed by atoms with Gasteiger partial charge in [0.05, 0.1) is 11.3 Å². The number of benzene rings is 2. The summed E-state index contributed by atoms with van der Waals surface area (Å²) in [6.45, 7) is 3.80. The van der Waals surface area contributed by atoms with E-state index in [9.17, 15) is 24.1 Å². The lowest BCUT2D eigenvalue weighted by Gasteiger charge is -2.29. The van der Waals surface area contributed by atoms with Crippen molar-refractivity contribution in [2.45, 2.75) is 39.3 Å². The van der Waals surface area contributed by atoms with Gasteiger partial charge in [-0.25, -0.2) is 4.39 Å². The number of nitro benzene ring substituents is 1. The first kappa shape index (κ1) is 22.0. The number of carbonyl (C=O) groups is 2. The molecule has 29 heavy (non-hydrogen) atoms. The Morgan fingerprint density at radius 2 is 1.76 bits per heavy atom. The molecule has 2 rings (SSSR count). The molecule has 0 aliphatic rings. The minimum absolute atomic E-state index is 0.118. The number of rotatable bonds is 9. The number of para-hydroxylation sites is 1. The first-order valence-electron chi connectivity index (χ1n) is 9.38. The number of hydrogen-bond acceptors (Lipinski definition) is 4. The normalized spacial score (nSPS) is 11.6. The lowest BCUT2D eigenvalue weighted by molar-refractivity contribution is -0.385. The van der Waals surface area contributed by atoms with E-state index in [1.165, 1.54) is 41.3 Å². The number of amides is 2. The van der Waals surface area contributed by atoms with Crippen LogP contribution in [0.3, 0.4) is 0 Å². The molecule has 0 radical (unpaired) electrons. The summed E-state index contributed by atoms with van der Waals surface area (Å²) in [7, 11) is 0. The van der Waals surface area contributed by atoms with Gasteiger partial charge in [-0.1, -0.05) is 43.3 Å². The van der Waals surface area contributed by atoms with E-state index in [1.54, 1.807) is 19.1 Å². The fourth-order valence-corrected chi connectivity index (χ4v) is 2.89.